The fourth-order valence-corrected chi connectivity index (χ4v) is 3.25. The molecule has 2 aliphatic heterocycles. The second kappa shape index (κ2) is 6.88. The SMILES string of the molecule is CCC1CN(CC2CCCO2)C(CC(C)C)CN1. The summed E-state index contributed by atoms with van der Waals surface area (Å²) in [6.07, 6.45) is 5.54. The summed E-state index contributed by atoms with van der Waals surface area (Å²) in [4.78, 5) is 2.70. The van der Waals surface area contributed by atoms with Crippen molar-refractivity contribution in [3.05, 3.63) is 0 Å². The van der Waals surface area contributed by atoms with Crippen molar-refractivity contribution in [3.8, 4) is 0 Å². The maximum absolute atomic E-state index is 5.82. The Kier molecular flexibility index (Phi) is 5.46. The van der Waals surface area contributed by atoms with E-state index in [2.05, 4.69) is 31.0 Å². The summed E-state index contributed by atoms with van der Waals surface area (Å²) in [5, 5.41) is 3.70. The third-order valence-electron chi connectivity index (χ3n) is 4.31. The quantitative estimate of drug-likeness (QED) is 0.814. The first-order valence-electron chi connectivity index (χ1n) is 7.78. The van der Waals surface area contributed by atoms with E-state index in [1.165, 1.54) is 32.2 Å². The van der Waals surface area contributed by atoms with Crippen molar-refractivity contribution >= 4 is 0 Å². The van der Waals surface area contributed by atoms with Crippen LogP contribution in [0, 0.1) is 5.92 Å². The summed E-state index contributed by atoms with van der Waals surface area (Å²) in [7, 11) is 0. The molecule has 2 rings (SSSR count). The minimum atomic E-state index is 0.496. The van der Waals surface area contributed by atoms with Gasteiger partial charge in [0.05, 0.1) is 6.10 Å². The minimum absolute atomic E-state index is 0.496. The van der Waals surface area contributed by atoms with Crippen LogP contribution >= 0.6 is 0 Å². The number of nitrogens with zero attached hydrogens (tertiary/aromatic N) is 1. The molecular formula is C15H30N2O. The van der Waals surface area contributed by atoms with Crippen molar-refractivity contribution in [1.29, 1.82) is 0 Å². The van der Waals surface area contributed by atoms with Crippen molar-refractivity contribution in [3.63, 3.8) is 0 Å². The zero-order valence-electron chi connectivity index (χ0n) is 12.3. The monoisotopic (exact) mass is 254 g/mol. The smallest absolute Gasteiger partial charge is 0.0702 e. The van der Waals surface area contributed by atoms with Crippen LogP contribution in [-0.4, -0.2) is 49.3 Å². The zero-order chi connectivity index (χ0) is 13.0. The predicted octanol–water partition coefficient (Wildman–Crippen LogP) is 2.26. The summed E-state index contributed by atoms with van der Waals surface area (Å²) in [5.41, 5.74) is 0. The standard InChI is InChI=1S/C15H30N2O/c1-4-13-10-17(11-15-6-5-7-18-15)14(9-16-13)8-12(2)3/h12-16H,4-11H2,1-3H3. The maximum Gasteiger partial charge on any atom is 0.0702 e. The Morgan fingerprint density at radius 2 is 2.22 bits per heavy atom. The van der Waals surface area contributed by atoms with Crippen LogP contribution in [0.5, 0.6) is 0 Å². The Morgan fingerprint density at radius 1 is 1.39 bits per heavy atom. The second-order valence-corrected chi connectivity index (χ2v) is 6.39. The van der Waals surface area contributed by atoms with Crippen LogP contribution in [0.25, 0.3) is 0 Å². The number of hydrogen-bond acceptors (Lipinski definition) is 3. The molecule has 1 N–H and O–H groups in total. The molecule has 3 nitrogen and oxygen atoms in total. The molecule has 2 saturated heterocycles. The van der Waals surface area contributed by atoms with Crippen LogP contribution in [0.15, 0.2) is 0 Å². The van der Waals surface area contributed by atoms with Gasteiger partial charge in [0, 0.05) is 38.3 Å². The Labute approximate surface area is 112 Å². The van der Waals surface area contributed by atoms with E-state index >= 15 is 0 Å². The van der Waals surface area contributed by atoms with Gasteiger partial charge in [0.25, 0.3) is 0 Å². The Bertz CT molecular complexity index is 239. The highest BCUT2D eigenvalue weighted by Gasteiger charge is 2.30. The van der Waals surface area contributed by atoms with Crippen LogP contribution in [0.4, 0.5) is 0 Å². The molecule has 0 aromatic heterocycles. The average molecular weight is 254 g/mol. The van der Waals surface area contributed by atoms with E-state index < -0.39 is 0 Å². The van der Waals surface area contributed by atoms with E-state index in [0.29, 0.717) is 18.2 Å². The van der Waals surface area contributed by atoms with Crippen LogP contribution in [0.3, 0.4) is 0 Å². The molecule has 0 saturated carbocycles. The van der Waals surface area contributed by atoms with Gasteiger partial charge in [-0.15, -0.1) is 0 Å². The fourth-order valence-electron chi connectivity index (χ4n) is 3.25. The Hall–Kier alpha value is -0.120. The zero-order valence-corrected chi connectivity index (χ0v) is 12.3. The molecule has 3 atom stereocenters. The van der Waals surface area contributed by atoms with Gasteiger partial charge in [0.15, 0.2) is 0 Å². The van der Waals surface area contributed by atoms with Gasteiger partial charge in [0.1, 0.15) is 0 Å². The lowest BCUT2D eigenvalue weighted by atomic mass is 9.97. The van der Waals surface area contributed by atoms with E-state index in [4.69, 9.17) is 4.74 Å². The molecule has 3 heteroatoms. The van der Waals surface area contributed by atoms with E-state index in [0.717, 1.165) is 25.6 Å². The van der Waals surface area contributed by atoms with Gasteiger partial charge in [-0.05, 0) is 31.6 Å². The first kappa shape index (κ1) is 14.3. The van der Waals surface area contributed by atoms with Gasteiger partial charge in [-0.3, -0.25) is 4.90 Å². The summed E-state index contributed by atoms with van der Waals surface area (Å²) in [6, 6.07) is 1.38. The van der Waals surface area contributed by atoms with Crippen molar-refractivity contribution in [1.82, 2.24) is 10.2 Å². The molecule has 2 heterocycles. The molecule has 3 unspecified atom stereocenters. The number of ether oxygens (including phenoxy) is 1. The van der Waals surface area contributed by atoms with Gasteiger partial charge in [-0.2, -0.15) is 0 Å². The Balaban J connectivity index is 1.89. The molecule has 0 aromatic rings. The number of rotatable bonds is 5. The lowest BCUT2D eigenvalue weighted by Crippen LogP contribution is -2.58. The van der Waals surface area contributed by atoms with Gasteiger partial charge in [0.2, 0.25) is 0 Å². The van der Waals surface area contributed by atoms with Gasteiger partial charge >= 0.3 is 0 Å². The first-order chi connectivity index (χ1) is 8.69. The number of piperazine rings is 1. The van der Waals surface area contributed by atoms with Crippen LogP contribution < -0.4 is 5.32 Å². The molecule has 0 radical (unpaired) electrons. The largest absolute Gasteiger partial charge is 0.377 e. The second-order valence-electron chi connectivity index (χ2n) is 6.39. The normalized spacial score (nSPS) is 34.3. The highest BCUT2D eigenvalue weighted by Crippen LogP contribution is 2.20. The van der Waals surface area contributed by atoms with E-state index in [1.807, 2.05) is 0 Å². The summed E-state index contributed by atoms with van der Waals surface area (Å²) < 4.78 is 5.82. The number of nitrogens with one attached hydrogen (secondary N) is 1. The van der Waals surface area contributed by atoms with Crippen molar-refractivity contribution < 1.29 is 4.74 Å². The van der Waals surface area contributed by atoms with E-state index in [9.17, 15) is 0 Å². The molecule has 0 aromatic carbocycles. The van der Waals surface area contributed by atoms with Crippen LogP contribution in [0.1, 0.15) is 46.5 Å². The third kappa shape index (κ3) is 3.94. The molecule has 2 aliphatic rings. The summed E-state index contributed by atoms with van der Waals surface area (Å²) in [6.45, 7) is 11.4. The molecule has 0 aliphatic carbocycles. The molecule has 0 amide bonds. The molecule has 18 heavy (non-hydrogen) atoms. The lowest BCUT2D eigenvalue weighted by molar-refractivity contribution is 0.0336. The topological polar surface area (TPSA) is 24.5 Å². The molecule has 0 spiro atoms. The highest BCUT2D eigenvalue weighted by atomic mass is 16.5. The Morgan fingerprint density at radius 3 is 2.83 bits per heavy atom. The lowest BCUT2D eigenvalue weighted by Gasteiger charge is -2.42. The summed E-state index contributed by atoms with van der Waals surface area (Å²) >= 11 is 0. The first-order valence-corrected chi connectivity index (χ1v) is 7.78. The minimum Gasteiger partial charge on any atom is -0.377 e. The van der Waals surface area contributed by atoms with E-state index in [1.54, 1.807) is 0 Å². The van der Waals surface area contributed by atoms with Crippen molar-refractivity contribution in [2.24, 2.45) is 5.92 Å². The molecule has 106 valence electrons. The fraction of sp³-hybridized carbons (Fsp3) is 1.00. The predicted molar refractivity (Wildman–Crippen MR) is 75.9 cm³/mol. The average Bonchev–Trinajstić information content (AvgIpc) is 2.83. The van der Waals surface area contributed by atoms with Crippen LogP contribution in [0.2, 0.25) is 0 Å². The number of hydrogen-bond donors (Lipinski definition) is 1. The maximum atomic E-state index is 5.82. The van der Waals surface area contributed by atoms with Crippen molar-refractivity contribution in [2.45, 2.75) is 64.6 Å². The summed E-state index contributed by atoms with van der Waals surface area (Å²) in [5.74, 6) is 0.780. The van der Waals surface area contributed by atoms with Gasteiger partial charge in [-0.25, -0.2) is 0 Å². The van der Waals surface area contributed by atoms with Crippen molar-refractivity contribution in [2.75, 3.05) is 26.2 Å². The molecular weight excluding hydrogens is 224 g/mol. The van der Waals surface area contributed by atoms with Gasteiger partial charge < -0.3 is 10.1 Å². The van der Waals surface area contributed by atoms with Crippen LogP contribution in [-0.2, 0) is 4.74 Å². The highest BCUT2D eigenvalue weighted by molar-refractivity contribution is 4.87. The van der Waals surface area contributed by atoms with E-state index in [-0.39, 0.29) is 0 Å². The molecule has 2 fully saturated rings. The third-order valence-corrected chi connectivity index (χ3v) is 4.31. The van der Waals surface area contributed by atoms with Gasteiger partial charge in [-0.1, -0.05) is 20.8 Å². The molecule has 0 bridgehead atoms.